The average Bonchev–Trinajstić information content (AvgIpc) is 2.17. The van der Waals surface area contributed by atoms with Crippen molar-refractivity contribution in [2.45, 2.75) is 5.25 Å². The summed E-state index contributed by atoms with van der Waals surface area (Å²) in [4.78, 5) is 11.7. The van der Waals surface area contributed by atoms with Crippen LogP contribution in [0.3, 0.4) is 0 Å². The molecule has 4 nitrogen and oxygen atoms in total. The largest absolute Gasteiger partial charge is 0.395 e. The summed E-state index contributed by atoms with van der Waals surface area (Å²) in [6.07, 6.45) is 0.826. The minimum Gasteiger partial charge on any atom is -0.395 e. The van der Waals surface area contributed by atoms with Gasteiger partial charge in [0.15, 0.2) is 15.6 Å². The summed E-state index contributed by atoms with van der Waals surface area (Å²) in [7, 11) is -3.75. The molecule has 0 unspecified atom stereocenters. The van der Waals surface area contributed by atoms with Gasteiger partial charge >= 0.3 is 0 Å². The third kappa shape index (κ3) is 2.65. The van der Waals surface area contributed by atoms with E-state index in [1.54, 1.807) is 0 Å². The Balaban J connectivity index is 3.16. The first kappa shape index (κ1) is 12.8. The summed E-state index contributed by atoms with van der Waals surface area (Å²) in [5, 5.41) is 7.25. The van der Waals surface area contributed by atoms with E-state index in [1.807, 2.05) is 0 Å². The second kappa shape index (κ2) is 4.71. The zero-order valence-electron chi connectivity index (χ0n) is 8.55. The molecule has 1 N–H and O–H groups in total. The number of ketones is 1. The van der Waals surface area contributed by atoms with Crippen LogP contribution in [0.5, 0.6) is 0 Å². The van der Waals surface area contributed by atoms with Crippen LogP contribution in [0.2, 0.25) is 0 Å². The standard InChI is InChI=1S/C10H11FO4S/c1-16(14,15)9(6-12)10(13)7-4-2-3-5-8(7)11/h2-5,9,12H,6H2,1H3/t9-/m1/s1. The van der Waals surface area contributed by atoms with Crippen molar-refractivity contribution < 1.29 is 22.7 Å². The van der Waals surface area contributed by atoms with Crippen molar-refractivity contribution in [3.05, 3.63) is 35.6 Å². The zero-order valence-corrected chi connectivity index (χ0v) is 9.37. The third-order valence-electron chi connectivity index (χ3n) is 2.11. The lowest BCUT2D eigenvalue weighted by Gasteiger charge is -2.11. The van der Waals surface area contributed by atoms with E-state index in [0.29, 0.717) is 0 Å². The van der Waals surface area contributed by atoms with Crippen molar-refractivity contribution in [1.82, 2.24) is 0 Å². The molecule has 0 aromatic heterocycles. The van der Waals surface area contributed by atoms with Crippen LogP contribution in [-0.4, -0.2) is 37.4 Å². The highest BCUT2D eigenvalue weighted by Crippen LogP contribution is 2.13. The quantitative estimate of drug-likeness (QED) is 0.781. The van der Waals surface area contributed by atoms with Gasteiger partial charge in [0.05, 0.1) is 12.2 Å². The number of carbonyl (C=O) groups is 1. The molecule has 0 radical (unpaired) electrons. The van der Waals surface area contributed by atoms with E-state index < -0.39 is 33.3 Å². The number of benzene rings is 1. The molecule has 6 heteroatoms. The molecule has 88 valence electrons. The average molecular weight is 246 g/mol. The van der Waals surface area contributed by atoms with E-state index in [4.69, 9.17) is 5.11 Å². The van der Waals surface area contributed by atoms with E-state index in [1.165, 1.54) is 18.2 Å². The number of hydrogen-bond donors (Lipinski definition) is 1. The summed E-state index contributed by atoms with van der Waals surface area (Å²) in [5.74, 6) is -1.72. The lowest BCUT2D eigenvalue weighted by Crippen LogP contribution is -2.33. The Bertz CT molecular complexity index is 495. The van der Waals surface area contributed by atoms with E-state index >= 15 is 0 Å². The zero-order chi connectivity index (χ0) is 12.3. The van der Waals surface area contributed by atoms with Gasteiger partial charge in [0.25, 0.3) is 0 Å². The molecule has 0 heterocycles. The van der Waals surface area contributed by atoms with Crippen LogP contribution in [0.15, 0.2) is 24.3 Å². The third-order valence-corrected chi connectivity index (χ3v) is 3.51. The van der Waals surface area contributed by atoms with Crippen LogP contribution >= 0.6 is 0 Å². The molecule has 0 saturated carbocycles. The van der Waals surface area contributed by atoms with Crippen molar-refractivity contribution in [3.63, 3.8) is 0 Å². The molecule has 0 aliphatic heterocycles. The molecular formula is C10H11FO4S. The first-order valence-corrected chi connectivity index (χ1v) is 6.42. The molecule has 1 rings (SSSR count). The summed E-state index contributed by atoms with van der Waals surface area (Å²) in [5.41, 5.74) is -0.327. The van der Waals surface area contributed by atoms with E-state index in [9.17, 15) is 17.6 Å². The molecule has 0 aliphatic carbocycles. The van der Waals surface area contributed by atoms with Crippen LogP contribution in [-0.2, 0) is 9.84 Å². The van der Waals surface area contributed by atoms with Crippen LogP contribution in [0, 0.1) is 5.82 Å². The summed E-state index contributed by atoms with van der Waals surface area (Å²) >= 11 is 0. The number of hydrogen-bond acceptors (Lipinski definition) is 4. The van der Waals surface area contributed by atoms with Crippen molar-refractivity contribution in [2.24, 2.45) is 0 Å². The number of rotatable bonds is 4. The van der Waals surface area contributed by atoms with Gasteiger partial charge in [-0.3, -0.25) is 4.79 Å². The Morgan fingerprint density at radius 1 is 1.44 bits per heavy atom. The number of aliphatic hydroxyl groups is 1. The van der Waals surface area contributed by atoms with Crippen LogP contribution in [0.25, 0.3) is 0 Å². The molecular weight excluding hydrogens is 235 g/mol. The summed E-state index contributed by atoms with van der Waals surface area (Å²) in [6, 6.07) is 5.06. The lowest BCUT2D eigenvalue weighted by molar-refractivity contribution is 0.0958. The van der Waals surface area contributed by atoms with Crippen molar-refractivity contribution in [1.29, 1.82) is 0 Å². The second-order valence-corrected chi connectivity index (χ2v) is 5.57. The predicted molar refractivity (Wildman–Crippen MR) is 56.4 cm³/mol. The van der Waals surface area contributed by atoms with Gasteiger partial charge in [-0.1, -0.05) is 12.1 Å². The SMILES string of the molecule is CS(=O)(=O)[C@H](CO)C(=O)c1ccccc1F. The molecule has 0 bridgehead atoms. The number of carbonyl (C=O) groups excluding carboxylic acids is 1. The molecule has 0 aliphatic rings. The topological polar surface area (TPSA) is 71.4 Å². The minimum absolute atomic E-state index is 0.327. The van der Waals surface area contributed by atoms with Gasteiger partial charge in [0.1, 0.15) is 11.1 Å². The fourth-order valence-electron chi connectivity index (χ4n) is 1.25. The van der Waals surface area contributed by atoms with Crippen molar-refractivity contribution in [3.8, 4) is 0 Å². The van der Waals surface area contributed by atoms with Gasteiger partial charge in [-0.15, -0.1) is 0 Å². The lowest BCUT2D eigenvalue weighted by atomic mass is 10.1. The van der Waals surface area contributed by atoms with Gasteiger partial charge in [0.2, 0.25) is 0 Å². The fourth-order valence-corrected chi connectivity index (χ4v) is 2.03. The smallest absolute Gasteiger partial charge is 0.186 e. The Morgan fingerprint density at radius 2 is 2.00 bits per heavy atom. The number of Topliss-reactive ketones (excluding diaryl/α,β-unsaturated/α-hetero) is 1. The van der Waals surface area contributed by atoms with Crippen molar-refractivity contribution in [2.75, 3.05) is 12.9 Å². The van der Waals surface area contributed by atoms with Gasteiger partial charge in [0, 0.05) is 6.26 Å². The van der Waals surface area contributed by atoms with E-state index in [-0.39, 0.29) is 5.56 Å². The van der Waals surface area contributed by atoms with Crippen LogP contribution in [0.1, 0.15) is 10.4 Å². The minimum atomic E-state index is -3.75. The maximum absolute atomic E-state index is 13.2. The maximum atomic E-state index is 13.2. The molecule has 0 saturated heterocycles. The van der Waals surface area contributed by atoms with E-state index in [2.05, 4.69) is 0 Å². The normalized spacial score (nSPS) is 13.4. The molecule has 1 aromatic carbocycles. The van der Waals surface area contributed by atoms with Gasteiger partial charge < -0.3 is 5.11 Å². The number of halogens is 1. The van der Waals surface area contributed by atoms with Gasteiger partial charge in [-0.05, 0) is 12.1 Å². The van der Waals surface area contributed by atoms with Gasteiger partial charge in [-0.2, -0.15) is 0 Å². The molecule has 0 spiro atoms. The van der Waals surface area contributed by atoms with Crippen LogP contribution < -0.4 is 0 Å². The number of aliphatic hydroxyl groups excluding tert-OH is 1. The summed E-state index contributed by atoms with van der Waals surface area (Å²) in [6.45, 7) is -0.855. The number of sulfone groups is 1. The fraction of sp³-hybridized carbons (Fsp3) is 0.300. The summed E-state index contributed by atoms with van der Waals surface area (Å²) < 4.78 is 35.6. The van der Waals surface area contributed by atoms with E-state index in [0.717, 1.165) is 12.3 Å². The van der Waals surface area contributed by atoms with Crippen molar-refractivity contribution >= 4 is 15.6 Å². The monoisotopic (exact) mass is 246 g/mol. The molecule has 0 amide bonds. The first-order valence-electron chi connectivity index (χ1n) is 4.46. The predicted octanol–water partition coefficient (Wildman–Crippen LogP) is 0.414. The highest BCUT2D eigenvalue weighted by molar-refractivity contribution is 7.92. The van der Waals surface area contributed by atoms with Gasteiger partial charge in [-0.25, -0.2) is 12.8 Å². The first-order chi connectivity index (χ1) is 7.38. The Kier molecular flexibility index (Phi) is 3.77. The Labute approximate surface area is 92.6 Å². The van der Waals surface area contributed by atoms with Crippen LogP contribution in [0.4, 0.5) is 4.39 Å². The molecule has 1 atom stereocenters. The highest BCUT2D eigenvalue weighted by Gasteiger charge is 2.30. The Hall–Kier alpha value is -1.27. The molecule has 16 heavy (non-hydrogen) atoms. The second-order valence-electron chi connectivity index (χ2n) is 3.34. The Morgan fingerprint density at radius 3 is 2.44 bits per heavy atom. The molecule has 0 fully saturated rings. The highest BCUT2D eigenvalue weighted by atomic mass is 32.2. The maximum Gasteiger partial charge on any atom is 0.186 e. The molecule has 1 aromatic rings.